The Labute approximate surface area is 94.1 Å². The molecule has 0 amide bonds. The first-order chi connectivity index (χ1) is 6.94. The van der Waals surface area contributed by atoms with Gasteiger partial charge >= 0.3 is 0 Å². The third-order valence-corrected chi connectivity index (χ3v) is 2.50. The zero-order chi connectivity index (χ0) is 11.5. The molecule has 0 saturated heterocycles. The molecule has 1 rings (SSSR count). The highest BCUT2D eigenvalue weighted by Crippen LogP contribution is 2.21. The summed E-state index contributed by atoms with van der Waals surface area (Å²) in [5.41, 5.74) is -0.130. The molecular weight excluding hydrogens is 217 g/mol. The first-order valence-corrected chi connectivity index (χ1v) is 5.13. The number of benzene rings is 1. The van der Waals surface area contributed by atoms with Crippen molar-refractivity contribution < 1.29 is 9.50 Å². The number of halogens is 2. The molecule has 0 spiro atoms. The first kappa shape index (κ1) is 12.4. The average Bonchev–Trinajstić information content (AvgIpc) is 2.09. The van der Waals surface area contributed by atoms with E-state index in [1.807, 2.05) is 0 Å². The minimum absolute atomic E-state index is 0.353. The predicted octanol–water partition coefficient (Wildman–Crippen LogP) is 1.99. The van der Waals surface area contributed by atoms with Crippen LogP contribution >= 0.6 is 11.6 Å². The predicted molar refractivity (Wildman–Crippen MR) is 59.7 cm³/mol. The van der Waals surface area contributed by atoms with Gasteiger partial charge in [-0.3, -0.25) is 0 Å². The van der Waals surface area contributed by atoms with Crippen LogP contribution in [0.15, 0.2) is 18.2 Å². The lowest BCUT2D eigenvalue weighted by molar-refractivity contribution is 0.0622. The van der Waals surface area contributed by atoms with Gasteiger partial charge in [-0.25, -0.2) is 4.39 Å². The van der Waals surface area contributed by atoms with Gasteiger partial charge in [-0.05, 0) is 31.7 Å². The van der Waals surface area contributed by atoms with Gasteiger partial charge in [0.25, 0.3) is 0 Å². The van der Waals surface area contributed by atoms with Gasteiger partial charge in [0.15, 0.2) is 0 Å². The van der Waals surface area contributed by atoms with E-state index < -0.39 is 5.60 Å². The van der Waals surface area contributed by atoms with Gasteiger partial charge < -0.3 is 10.4 Å². The molecule has 0 aliphatic carbocycles. The standard InChI is InChI=1S/C11H15ClFNO/c1-11(15,7-14-2)6-8-3-4-9(13)5-10(8)12/h3-5,14-15H,6-7H2,1-2H3. The molecule has 0 fully saturated rings. The Morgan fingerprint density at radius 1 is 1.53 bits per heavy atom. The molecule has 2 nitrogen and oxygen atoms in total. The summed E-state index contributed by atoms with van der Waals surface area (Å²) in [6, 6.07) is 4.20. The van der Waals surface area contributed by atoms with Crippen LogP contribution in [0.4, 0.5) is 4.39 Å². The Bertz CT molecular complexity index is 341. The van der Waals surface area contributed by atoms with Crippen LogP contribution in [0.25, 0.3) is 0 Å². The Kier molecular flexibility index (Phi) is 4.08. The van der Waals surface area contributed by atoms with Crippen LogP contribution in [0.1, 0.15) is 12.5 Å². The molecule has 84 valence electrons. The monoisotopic (exact) mass is 231 g/mol. The quantitative estimate of drug-likeness (QED) is 0.831. The largest absolute Gasteiger partial charge is 0.389 e. The molecule has 0 saturated carbocycles. The van der Waals surface area contributed by atoms with Gasteiger partial charge in [0, 0.05) is 18.0 Å². The van der Waals surface area contributed by atoms with Crippen LogP contribution in [-0.2, 0) is 6.42 Å². The molecule has 1 aromatic rings. The van der Waals surface area contributed by atoms with Crippen molar-refractivity contribution in [2.24, 2.45) is 0 Å². The number of aliphatic hydroxyl groups is 1. The summed E-state index contributed by atoms with van der Waals surface area (Å²) < 4.78 is 12.8. The number of likely N-dealkylation sites (N-methyl/N-ethyl adjacent to an activating group) is 1. The normalized spacial score (nSPS) is 15.0. The van der Waals surface area contributed by atoms with Crippen molar-refractivity contribution in [3.8, 4) is 0 Å². The van der Waals surface area contributed by atoms with E-state index in [0.29, 0.717) is 18.0 Å². The summed E-state index contributed by atoms with van der Waals surface area (Å²) in [6.45, 7) is 2.17. The molecule has 0 aliphatic heterocycles. The van der Waals surface area contributed by atoms with E-state index in [4.69, 9.17) is 11.6 Å². The molecule has 0 heterocycles. The second-order valence-corrected chi connectivity index (χ2v) is 4.35. The van der Waals surface area contributed by atoms with Crippen LogP contribution in [0.2, 0.25) is 5.02 Å². The molecule has 0 radical (unpaired) electrons. The molecule has 1 unspecified atom stereocenters. The number of rotatable bonds is 4. The molecule has 1 atom stereocenters. The van der Waals surface area contributed by atoms with Crippen molar-refractivity contribution in [2.75, 3.05) is 13.6 Å². The molecule has 0 bridgehead atoms. The molecule has 15 heavy (non-hydrogen) atoms. The molecule has 1 aromatic carbocycles. The van der Waals surface area contributed by atoms with Gasteiger partial charge in [0.1, 0.15) is 5.82 Å². The maximum Gasteiger partial charge on any atom is 0.124 e. The van der Waals surface area contributed by atoms with Crippen molar-refractivity contribution in [1.82, 2.24) is 5.32 Å². The second-order valence-electron chi connectivity index (χ2n) is 3.94. The minimum atomic E-state index is -0.879. The molecule has 2 N–H and O–H groups in total. The molecular formula is C11H15ClFNO. The third-order valence-electron chi connectivity index (χ3n) is 2.14. The van der Waals surface area contributed by atoms with Gasteiger partial charge in [0.05, 0.1) is 5.60 Å². The number of nitrogens with one attached hydrogen (secondary N) is 1. The van der Waals surface area contributed by atoms with E-state index in [0.717, 1.165) is 5.56 Å². The van der Waals surface area contributed by atoms with Gasteiger partial charge in [-0.2, -0.15) is 0 Å². The Hall–Kier alpha value is -0.640. The lowest BCUT2D eigenvalue weighted by Crippen LogP contribution is -2.38. The van der Waals surface area contributed by atoms with E-state index in [1.54, 1.807) is 20.0 Å². The SMILES string of the molecule is CNCC(C)(O)Cc1ccc(F)cc1Cl. The summed E-state index contributed by atoms with van der Waals surface area (Å²) in [4.78, 5) is 0. The van der Waals surface area contributed by atoms with Crippen LogP contribution in [0.3, 0.4) is 0 Å². The fourth-order valence-corrected chi connectivity index (χ4v) is 1.75. The molecule has 0 aliphatic rings. The van der Waals surface area contributed by atoms with Crippen LogP contribution in [0.5, 0.6) is 0 Å². The smallest absolute Gasteiger partial charge is 0.124 e. The zero-order valence-corrected chi connectivity index (χ0v) is 9.61. The number of hydrogen-bond donors (Lipinski definition) is 2. The highest BCUT2D eigenvalue weighted by Gasteiger charge is 2.21. The summed E-state index contributed by atoms with van der Waals surface area (Å²) in [5, 5.41) is 13.2. The maximum absolute atomic E-state index is 12.8. The van der Waals surface area contributed by atoms with Gasteiger partial charge in [-0.15, -0.1) is 0 Å². The summed E-state index contributed by atoms with van der Waals surface area (Å²) in [5.74, 6) is -0.364. The summed E-state index contributed by atoms with van der Waals surface area (Å²) in [7, 11) is 1.76. The third kappa shape index (κ3) is 3.78. The fraction of sp³-hybridized carbons (Fsp3) is 0.455. The Balaban J connectivity index is 2.80. The highest BCUT2D eigenvalue weighted by atomic mass is 35.5. The van der Waals surface area contributed by atoms with Crippen LogP contribution in [0, 0.1) is 5.82 Å². The minimum Gasteiger partial charge on any atom is -0.389 e. The van der Waals surface area contributed by atoms with E-state index in [1.165, 1.54) is 12.1 Å². The summed E-state index contributed by atoms with van der Waals surface area (Å²) in [6.07, 6.45) is 0.396. The topological polar surface area (TPSA) is 32.3 Å². The fourth-order valence-electron chi connectivity index (χ4n) is 1.52. The number of hydrogen-bond acceptors (Lipinski definition) is 2. The Morgan fingerprint density at radius 2 is 2.20 bits per heavy atom. The highest BCUT2D eigenvalue weighted by molar-refractivity contribution is 6.31. The lowest BCUT2D eigenvalue weighted by atomic mass is 9.96. The van der Waals surface area contributed by atoms with E-state index >= 15 is 0 Å². The van der Waals surface area contributed by atoms with Crippen molar-refractivity contribution in [3.63, 3.8) is 0 Å². The van der Waals surface area contributed by atoms with Crippen molar-refractivity contribution in [1.29, 1.82) is 0 Å². The van der Waals surface area contributed by atoms with Crippen molar-refractivity contribution in [3.05, 3.63) is 34.6 Å². The second kappa shape index (κ2) is 4.92. The van der Waals surface area contributed by atoms with E-state index in [2.05, 4.69) is 5.32 Å². The lowest BCUT2D eigenvalue weighted by Gasteiger charge is -2.23. The van der Waals surface area contributed by atoms with Gasteiger partial charge in [0.2, 0.25) is 0 Å². The summed E-state index contributed by atoms with van der Waals surface area (Å²) >= 11 is 5.86. The van der Waals surface area contributed by atoms with Crippen molar-refractivity contribution in [2.45, 2.75) is 18.9 Å². The average molecular weight is 232 g/mol. The van der Waals surface area contributed by atoms with Gasteiger partial charge in [-0.1, -0.05) is 17.7 Å². The zero-order valence-electron chi connectivity index (χ0n) is 8.85. The van der Waals surface area contributed by atoms with Crippen molar-refractivity contribution >= 4 is 11.6 Å². The maximum atomic E-state index is 12.8. The molecule has 0 aromatic heterocycles. The van der Waals surface area contributed by atoms with E-state index in [9.17, 15) is 9.50 Å². The van der Waals surface area contributed by atoms with Crippen LogP contribution in [-0.4, -0.2) is 24.3 Å². The van der Waals surface area contributed by atoms with Crippen LogP contribution < -0.4 is 5.32 Å². The van der Waals surface area contributed by atoms with E-state index in [-0.39, 0.29) is 5.82 Å². The Morgan fingerprint density at radius 3 is 2.73 bits per heavy atom. The first-order valence-electron chi connectivity index (χ1n) is 4.75. The molecule has 4 heteroatoms.